The van der Waals surface area contributed by atoms with E-state index in [2.05, 4.69) is 20.9 Å². The van der Waals surface area contributed by atoms with Gasteiger partial charge in [-0.05, 0) is 12.8 Å². The van der Waals surface area contributed by atoms with Crippen LogP contribution in [0, 0.1) is 11.8 Å². The molecule has 1 fully saturated rings. The molecular weight excluding hydrogens is 274 g/mol. The van der Waals surface area contributed by atoms with Gasteiger partial charge >= 0.3 is 0 Å². The van der Waals surface area contributed by atoms with Crippen LogP contribution >= 0.6 is 0 Å². The summed E-state index contributed by atoms with van der Waals surface area (Å²) in [6.07, 6.45) is 7.72. The van der Waals surface area contributed by atoms with E-state index in [0.717, 1.165) is 24.1 Å². The van der Waals surface area contributed by atoms with Crippen molar-refractivity contribution >= 4 is 10.1 Å². The summed E-state index contributed by atoms with van der Waals surface area (Å²) in [5, 5.41) is 0. The number of quaternary nitrogens is 1. The molecule has 0 saturated carbocycles. The highest BCUT2D eigenvalue weighted by atomic mass is 32.2. The quantitative estimate of drug-likeness (QED) is 0.374. The number of hydrogen-bond donors (Lipinski definition) is 0. The minimum atomic E-state index is -4.09. The minimum Gasteiger partial charge on any atom is -0.748 e. The van der Waals surface area contributed by atoms with Crippen LogP contribution in [-0.4, -0.2) is 49.9 Å². The van der Waals surface area contributed by atoms with Gasteiger partial charge in [0.05, 0.1) is 36.8 Å². The van der Waals surface area contributed by atoms with Crippen molar-refractivity contribution < 1.29 is 17.5 Å². The van der Waals surface area contributed by atoms with Crippen molar-refractivity contribution in [3.63, 3.8) is 0 Å². The van der Waals surface area contributed by atoms with Crippen molar-refractivity contribution in [3.8, 4) is 0 Å². The highest BCUT2D eigenvalue weighted by Crippen LogP contribution is 2.29. The zero-order valence-corrected chi connectivity index (χ0v) is 14.1. The van der Waals surface area contributed by atoms with Gasteiger partial charge in [-0.2, -0.15) is 0 Å². The molecule has 0 bridgehead atoms. The summed E-state index contributed by atoms with van der Waals surface area (Å²) < 4.78 is 33.8. The summed E-state index contributed by atoms with van der Waals surface area (Å²) in [5.41, 5.74) is 0. The average Bonchev–Trinajstić information content (AvgIpc) is 2.57. The Kier molecular flexibility index (Phi) is 6.95. The first-order chi connectivity index (χ1) is 9.26. The molecule has 0 amide bonds. The number of likely N-dealkylation sites (tertiary alicyclic amines) is 1. The molecule has 1 heterocycles. The fourth-order valence-corrected chi connectivity index (χ4v) is 4.56. The molecule has 120 valence electrons. The van der Waals surface area contributed by atoms with E-state index in [1.165, 1.54) is 38.5 Å². The first kappa shape index (κ1) is 17.9. The Hall–Kier alpha value is -0.130. The lowest BCUT2D eigenvalue weighted by Crippen LogP contribution is -2.43. The summed E-state index contributed by atoms with van der Waals surface area (Å²) in [6, 6.07) is 0. The Morgan fingerprint density at radius 1 is 1.10 bits per heavy atom. The average molecular weight is 305 g/mol. The van der Waals surface area contributed by atoms with E-state index < -0.39 is 10.1 Å². The molecule has 0 aromatic rings. The predicted octanol–water partition coefficient (Wildman–Crippen LogP) is 2.60. The van der Waals surface area contributed by atoms with Crippen LogP contribution in [0.15, 0.2) is 0 Å². The lowest BCUT2D eigenvalue weighted by atomic mass is 10.0. The molecule has 5 heteroatoms. The Morgan fingerprint density at radius 2 is 1.70 bits per heavy atom. The molecule has 0 aromatic carbocycles. The van der Waals surface area contributed by atoms with Crippen LogP contribution in [0.5, 0.6) is 0 Å². The first-order valence-electron chi connectivity index (χ1n) is 8.03. The van der Waals surface area contributed by atoms with Crippen LogP contribution in [0.4, 0.5) is 0 Å². The second-order valence-electron chi connectivity index (χ2n) is 6.94. The normalized spacial score (nSPS) is 30.8. The Bertz CT molecular complexity index is 383. The van der Waals surface area contributed by atoms with Gasteiger partial charge in [0, 0.05) is 17.6 Å². The van der Waals surface area contributed by atoms with Gasteiger partial charge in [0.1, 0.15) is 0 Å². The van der Waals surface area contributed by atoms with Gasteiger partial charge in [0.25, 0.3) is 0 Å². The largest absolute Gasteiger partial charge is 0.748 e. The van der Waals surface area contributed by atoms with E-state index >= 15 is 0 Å². The Labute approximate surface area is 124 Å². The van der Waals surface area contributed by atoms with Gasteiger partial charge in [-0.1, -0.05) is 39.5 Å². The predicted molar refractivity (Wildman–Crippen MR) is 81.4 cm³/mol. The number of nitrogens with zero attached hydrogens (tertiary/aromatic N) is 1. The van der Waals surface area contributed by atoms with Gasteiger partial charge < -0.3 is 9.04 Å². The fraction of sp³-hybridized carbons (Fsp3) is 1.00. The van der Waals surface area contributed by atoms with Crippen LogP contribution < -0.4 is 0 Å². The lowest BCUT2D eigenvalue weighted by Gasteiger charge is -2.30. The summed E-state index contributed by atoms with van der Waals surface area (Å²) in [7, 11) is -1.88. The van der Waals surface area contributed by atoms with Gasteiger partial charge in [-0.3, -0.25) is 0 Å². The van der Waals surface area contributed by atoms with E-state index in [4.69, 9.17) is 0 Å². The molecular formula is C15H31NO3S. The topological polar surface area (TPSA) is 57.2 Å². The van der Waals surface area contributed by atoms with Gasteiger partial charge in [0.15, 0.2) is 0 Å². The van der Waals surface area contributed by atoms with Crippen LogP contribution in [0.25, 0.3) is 0 Å². The van der Waals surface area contributed by atoms with Crippen molar-refractivity contribution in [3.05, 3.63) is 0 Å². The molecule has 1 aliphatic rings. The molecule has 1 rings (SSSR count). The molecule has 0 radical (unpaired) electrons. The molecule has 3 atom stereocenters. The lowest BCUT2D eigenvalue weighted by molar-refractivity contribution is -0.900. The molecule has 0 spiro atoms. The molecule has 0 aliphatic carbocycles. The summed E-state index contributed by atoms with van der Waals surface area (Å²) in [6.45, 7) is 7.28. The van der Waals surface area contributed by atoms with Crippen molar-refractivity contribution in [2.45, 2.75) is 52.4 Å². The van der Waals surface area contributed by atoms with E-state index in [9.17, 15) is 13.0 Å². The van der Waals surface area contributed by atoms with Gasteiger partial charge in [0.2, 0.25) is 0 Å². The summed E-state index contributed by atoms with van der Waals surface area (Å²) in [4.78, 5) is 0. The smallest absolute Gasteiger partial charge is 0.0951 e. The van der Waals surface area contributed by atoms with Crippen molar-refractivity contribution in [1.29, 1.82) is 0 Å². The molecule has 0 aromatic heterocycles. The minimum absolute atomic E-state index is 0.0441. The highest BCUT2D eigenvalue weighted by molar-refractivity contribution is 7.85. The molecule has 20 heavy (non-hydrogen) atoms. The van der Waals surface area contributed by atoms with Crippen molar-refractivity contribution in [1.82, 2.24) is 0 Å². The van der Waals surface area contributed by atoms with Crippen molar-refractivity contribution in [2.24, 2.45) is 11.8 Å². The number of rotatable bonds is 9. The van der Waals surface area contributed by atoms with Crippen LogP contribution in [0.3, 0.4) is 0 Å². The van der Waals surface area contributed by atoms with Gasteiger partial charge in [-0.15, -0.1) is 0 Å². The second kappa shape index (κ2) is 7.76. The van der Waals surface area contributed by atoms with E-state index in [1.54, 1.807) is 0 Å². The summed E-state index contributed by atoms with van der Waals surface area (Å²) in [5.74, 6) is 0.199. The zero-order valence-electron chi connectivity index (χ0n) is 13.3. The maximum atomic E-state index is 10.9. The Balaban J connectivity index is 2.32. The Morgan fingerprint density at radius 3 is 2.30 bits per heavy atom. The first-order valence-corrected chi connectivity index (χ1v) is 9.60. The van der Waals surface area contributed by atoms with Crippen LogP contribution in [0.1, 0.15) is 52.4 Å². The molecule has 1 saturated heterocycles. The van der Waals surface area contributed by atoms with Gasteiger partial charge in [-0.25, -0.2) is 8.42 Å². The second-order valence-corrected chi connectivity index (χ2v) is 8.39. The molecule has 3 unspecified atom stereocenters. The standard InChI is InChI=1S/C15H31NO3S/c1-4-5-6-7-8-9-10-16(3)11-14(2)15(12-16)13-20(17,18)19/h14-15H,4-13H2,1-3H3. The summed E-state index contributed by atoms with van der Waals surface area (Å²) >= 11 is 0. The molecule has 0 N–H and O–H groups in total. The number of hydrogen-bond acceptors (Lipinski definition) is 3. The monoisotopic (exact) mass is 305 g/mol. The van der Waals surface area contributed by atoms with E-state index in [-0.39, 0.29) is 11.7 Å². The third kappa shape index (κ3) is 6.55. The third-order valence-electron chi connectivity index (χ3n) is 4.68. The maximum absolute atomic E-state index is 10.9. The SMILES string of the molecule is CCCCCCCC[N+]1(C)CC(C)C(CS(=O)(=O)[O-])C1. The number of unbranched alkanes of at least 4 members (excludes halogenated alkanes) is 5. The molecule has 4 nitrogen and oxygen atoms in total. The fourth-order valence-electron chi connectivity index (χ4n) is 3.60. The van der Waals surface area contributed by atoms with E-state index in [1.807, 2.05) is 0 Å². The third-order valence-corrected chi connectivity index (χ3v) is 5.51. The zero-order chi connectivity index (χ0) is 15.2. The van der Waals surface area contributed by atoms with Crippen LogP contribution in [0.2, 0.25) is 0 Å². The molecule has 1 aliphatic heterocycles. The maximum Gasteiger partial charge on any atom is 0.0951 e. The van der Waals surface area contributed by atoms with Crippen LogP contribution in [-0.2, 0) is 10.1 Å². The van der Waals surface area contributed by atoms with Crippen molar-refractivity contribution in [2.75, 3.05) is 32.4 Å². The highest BCUT2D eigenvalue weighted by Gasteiger charge is 2.40. The van der Waals surface area contributed by atoms with E-state index in [0.29, 0.717) is 5.92 Å².